The van der Waals surface area contributed by atoms with Crippen molar-refractivity contribution in [2.24, 2.45) is 0 Å². The molecule has 0 radical (unpaired) electrons. The second-order valence-electron chi connectivity index (χ2n) is 4.00. The van der Waals surface area contributed by atoms with Gasteiger partial charge in [0.2, 0.25) is 10.0 Å². The van der Waals surface area contributed by atoms with Crippen molar-refractivity contribution in [2.45, 2.75) is 18.2 Å². The number of benzene rings is 1. The van der Waals surface area contributed by atoms with Crippen LogP contribution in [0.4, 0.5) is 0 Å². The SMILES string of the molecule is CC1COCC(c2ccccc2)S(=O)(=O)N1. The molecule has 1 aromatic carbocycles. The summed E-state index contributed by atoms with van der Waals surface area (Å²) in [7, 11) is -3.34. The summed E-state index contributed by atoms with van der Waals surface area (Å²) in [6.07, 6.45) is 0. The lowest BCUT2D eigenvalue weighted by molar-refractivity contribution is 0.128. The highest BCUT2D eigenvalue weighted by Crippen LogP contribution is 2.23. The largest absolute Gasteiger partial charge is 0.378 e. The summed E-state index contributed by atoms with van der Waals surface area (Å²) in [5.41, 5.74) is 0.768. The minimum Gasteiger partial charge on any atom is -0.378 e. The summed E-state index contributed by atoms with van der Waals surface area (Å²) in [4.78, 5) is 0. The van der Waals surface area contributed by atoms with Gasteiger partial charge in [-0.3, -0.25) is 0 Å². The Morgan fingerprint density at radius 2 is 1.94 bits per heavy atom. The van der Waals surface area contributed by atoms with Gasteiger partial charge in [-0.15, -0.1) is 0 Å². The molecule has 2 rings (SSSR count). The molecule has 88 valence electrons. The maximum absolute atomic E-state index is 12.0. The molecule has 16 heavy (non-hydrogen) atoms. The van der Waals surface area contributed by atoms with Crippen LogP contribution in [0.15, 0.2) is 30.3 Å². The van der Waals surface area contributed by atoms with E-state index in [2.05, 4.69) is 4.72 Å². The molecule has 1 aliphatic rings. The first kappa shape index (κ1) is 11.6. The van der Waals surface area contributed by atoms with Crippen LogP contribution in [-0.4, -0.2) is 27.7 Å². The van der Waals surface area contributed by atoms with Crippen molar-refractivity contribution < 1.29 is 13.2 Å². The van der Waals surface area contributed by atoms with Gasteiger partial charge in [0.25, 0.3) is 0 Å². The van der Waals surface area contributed by atoms with Gasteiger partial charge in [-0.25, -0.2) is 13.1 Å². The van der Waals surface area contributed by atoms with E-state index in [9.17, 15) is 8.42 Å². The molecule has 4 nitrogen and oxygen atoms in total. The van der Waals surface area contributed by atoms with Crippen molar-refractivity contribution in [3.05, 3.63) is 35.9 Å². The van der Waals surface area contributed by atoms with Gasteiger partial charge in [0, 0.05) is 6.04 Å². The normalized spacial score (nSPS) is 29.6. The molecule has 1 N–H and O–H groups in total. The number of hydrogen-bond acceptors (Lipinski definition) is 3. The molecule has 1 aromatic rings. The lowest BCUT2D eigenvalue weighted by atomic mass is 10.1. The Labute approximate surface area is 95.7 Å². The first-order valence-electron chi connectivity index (χ1n) is 5.23. The highest BCUT2D eigenvalue weighted by Gasteiger charge is 2.31. The van der Waals surface area contributed by atoms with E-state index in [1.807, 2.05) is 30.3 Å². The molecule has 1 saturated heterocycles. The van der Waals surface area contributed by atoms with E-state index < -0.39 is 15.3 Å². The molecule has 1 fully saturated rings. The Balaban J connectivity index is 2.33. The van der Waals surface area contributed by atoms with E-state index in [0.717, 1.165) is 5.56 Å². The van der Waals surface area contributed by atoms with E-state index in [-0.39, 0.29) is 12.6 Å². The molecule has 0 aliphatic carbocycles. The Morgan fingerprint density at radius 3 is 2.62 bits per heavy atom. The summed E-state index contributed by atoms with van der Waals surface area (Å²) in [5.74, 6) is 0. The molecule has 0 amide bonds. The van der Waals surface area contributed by atoms with Crippen LogP contribution in [0.1, 0.15) is 17.7 Å². The Kier molecular flexibility index (Phi) is 3.28. The summed E-state index contributed by atoms with van der Waals surface area (Å²) in [5, 5.41) is -0.612. The standard InChI is InChI=1S/C11H15NO3S/c1-9-7-15-8-11(16(13,14)12-9)10-5-3-2-4-6-10/h2-6,9,11-12H,7-8H2,1H3. The molecule has 0 aromatic heterocycles. The predicted molar refractivity (Wildman–Crippen MR) is 61.5 cm³/mol. The van der Waals surface area contributed by atoms with Crippen LogP contribution in [0.2, 0.25) is 0 Å². The molecule has 1 aliphatic heterocycles. The van der Waals surface area contributed by atoms with Gasteiger partial charge in [0.05, 0.1) is 13.2 Å². The fraction of sp³-hybridized carbons (Fsp3) is 0.455. The van der Waals surface area contributed by atoms with Crippen LogP contribution in [0, 0.1) is 0 Å². The fourth-order valence-corrected chi connectivity index (χ4v) is 3.37. The third kappa shape index (κ3) is 2.42. The van der Waals surface area contributed by atoms with Crippen molar-refractivity contribution in [1.82, 2.24) is 4.72 Å². The summed E-state index contributed by atoms with van der Waals surface area (Å²) in [6.45, 7) is 2.43. The summed E-state index contributed by atoms with van der Waals surface area (Å²) in [6, 6.07) is 8.98. The number of hydrogen-bond donors (Lipinski definition) is 1. The Bertz CT molecular complexity index is 444. The van der Waals surface area contributed by atoms with Gasteiger partial charge in [-0.05, 0) is 12.5 Å². The molecule has 0 bridgehead atoms. The van der Waals surface area contributed by atoms with Crippen molar-refractivity contribution in [3.63, 3.8) is 0 Å². The van der Waals surface area contributed by atoms with E-state index in [1.54, 1.807) is 6.92 Å². The lowest BCUT2D eigenvalue weighted by Crippen LogP contribution is -2.35. The molecule has 2 unspecified atom stereocenters. The van der Waals surface area contributed by atoms with Gasteiger partial charge in [-0.1, -0.05) is 30.3 Å². The number of ether oxygens (including phenoxy) is 1. The van der Waals surface area contributed by atoms with Gasteiger partial charge in [-0.2, -0.15) is 0 Å². The Morgan fingerprint density at radius 1 is 1.25 bits per heavy atom. The maximum Gasteiger partial charge on any atom is 0.221 e. The van der Waals surface area contributed by atoms with Crippen LogP contribution < -0.4 is 4.72 Å². The second kappa shape index (κ2) is 4.53. The van der Waals surface area contributed by atoms with E-state index in [1.165, 1.54) is 0 Å². The molecule has 0 spiro atoms. The minimum absolute atomic E-state index is 0.168. The van der Waals surface area contributed by atoms with Crippen molar-refractivity contribution in [3.8, 4) is 0 Å². The fourth-order valence-electron chi connectivity index (χ4n) is 1.78. The highest BCUT2D eigenvalue weighted by atomic mass is 32.2. The van der Waals surface area contributed by atoms with Crippen LogP contribution >= 0.6 is 0 Å². The van der Waals surface area contributed by atoms with E-state index >= 15 is 0 Å². The van der Waals surface area contributed by atoms with Crippen LogP contribution in [0.25, 0.3) is 0 Å². The monoisotopic (exact) mass is 241 g/mol. The average Bonchev–Trinajstić information content (AvgIpc) is 2.37. The zero-order valence-electron chi connectivity index (χ0n) is 9.09. The van der Waals surface area contributed by atoms with Crippen LogP contribution in [0.5, 0.6) is 0 Å². The minimum atomic E-state index is -3.34. The zero-order valence-corrected chi connectivity index (χ0v) is 9.91. The van der Waals surface area contributed by atoms with E-state index in [0.29, 0.717) is 6.61 Å². The van der Waals surface area contributed by atoms with Gasteiger partial charge < -0.3 is 4.74 Å². The number of rotatable bonds is 1. The molecule has 0 saturated carbocycles. The second-order valence-corrected chi connectivity index (χ2v) is 5.90. The Hall–Kier alpha value is -0.910. The third-order valence-corrected chi connectivity index (χ3v) is 4.44. The van der Waals surface area contributed by atoms with E-state index in [4.69, 9.17) is 4.74 Å². The van der Waals surface area contributed by atoms with Gasteiger partial charge in [0.15, 0.2) is 0 Å². The molecule has 2 atom stereocenters. The third-order valence-electron chi connectivity index (χ3n) is 2.55. The topological polar surface area (TPSA) is 55.4 Å². The average molecular weight is 241 g/mol. The van der Waals surface area contributed by atoms with Crippen molar-refractivity contribution >= 4 is 10.0 Å². The first-order valence-corrected chi connectivity index (χ1v) is 6.78. The van der Waals surface area contributed by atoms with Crippen LogP contribution in [0.3, 0.4) is 0 Å². The van der Waals surface area contributed by atoms with Gasteiger partial charge in [0.1, 0.15) is 5.25 Å². The molecule has 5 heteroatoms. The molecule has 1 heterocycles. The summed E-state index contributed by atoms with van der Waals surface area (Å²) >= 11 is 0. The van der Waals surface area contributed by atoms with Crippen molar-refractivity contribution in [2.75, 3.05) is 13.2 Å². The maximum atomic E-state index is 12.0. The number of sulfonamides is 1. The van der Waals surface area contributed by atoms with Gasteiger partial charge >= 0.3 is 0 Å². The smallest absolute Gasteiger partial charge is 0.221 e. The van der Waals surface area contributed by atoms with Crippen molar-refractivity contribution in [1.29, 1.82) is 0 Å². The lowest BCUT2D eigenvalue weighted by Gasteiger charge is -2.15. The summed E-state index contributed by atoms with van der Waals surface area (Å²) < 4.78 is 32.0. The quantitative estimate of drug-likeness (QED) is 0.800. The first-order chi connectivity index (χ1) is 7.59. The highest BCUT2D eigenvalue weighted by molar-refractivity contribution is 7.89. The number of nitrogens with one attached hydrogen (secondary N) is 1. The van der Waals surface area contributed by atoms with Crippen LogP contribution in [-0.2, 0) is 14.8 Å². The zero-order chi connectivity index (χ0) is 11.6. The molecular weight excluding hydrogens is 226 g/mol. The molecular formula is C11H15NO3S. The predicted octanol–water partition coefficient (Wildman–Crippen LogP) is 1.07.